The lowest BCUT2D eigenvalue weighted by Crippen LogP contribution is -2.28. The van der Waals surface area contributed by atoms with Crippen LogP contribution in [0.3, 0.4) is 0 Å². The fourth-order valence-corrected chi connectivity index (χ4v) is 1.50. The number of cyclic esters (lactones) is 1. The Bertz CT molecular complexity index is 230. The van der Waals surface area contributed by atoms with Crippen LogP contribution in [0, 0.1) is 5.92 Å². The molecule has 0 aromatic carbocycles. The third kappa shape index (κ3) is 2.84. The number of carbonyl (C=O) groups excluding carboxylic acids is 1. The minimum Gasteiger partial charge on any atom is -0.434 e. The zero-order chi connectivity index (χ0) is 10.1. The second-order valence-electron chi connectivity index (χ2n) is 3.94. The molecule has 1 fully saturated rings. The maximum Gasteiger partial charge on any atom is 0.308 e. The lowest BCUT2D eigenvalue weighted by molar-refractivity contribution is -0.200. The van der Waals surface area contributed by atoms with Crippen molar-refractivity contribution in [1.29, 1.82) is 0 Å². The molecule has 2 atom stereocenters. The standard InChI is InChI=1S/C10H16O3/c1-7(2)8-4-5-10(3,12)13-9(11)6-8/h8,12H,1,4-6H2,2-3H3/t8-,10+/m0/s1. The molecule has 1 rings (SSSR count). The second-order valence-corrected chi connectivity index (χ2v) is 3.94. The summed E-state index contributed by atoms with van der Waals surface area (Å²) in [7, 11) is 0. The van der Waals surface area contributed by atoms with Crippen molar-refractivity contribution in [3.63, 3.8) is 0 Å². The zero-order valence-corrected chi connectivity index (χ0v) is 8.17. The molecule has 0 amide bonds. The Morgan fingerprint density at radius 1 is 1.77 bits per heavy atom. The van der Waals surface area contributed by atoms with Gasteiger partial charge in [-0.05, 0) is 19.3 Å². The molecular weight excluding hydrogens is 168 g/mol. The lowest BCUT2D eigenvalue weighted by atomic mass is 9.92. The molecule has 0 bridgehead atoms. The summed E-state index contributed by atoms with van der Waals surface area (Å²) in [6, 6.07) is 0. The van der Waals surface area contributed by atoms with Crippen molar-refractivity contribution in [3.8, 4) is 0 Å². The van der Waals surface area contributed by atoms with Crippen LogP contribution in [0.5, 0.6) is 0 Å². The smallest absolute Gasteiger partial charge is 0.308 e. The van der Waals surface area contributed by atoms with Crippen LogP contribution in [0.4, 0.5) is 0 Å². The van der Waals surface area contributed by atoms with Crippen LogP contribution in [-0.2, 0) is 9.53 Å². The maximum atomic E-state index is 11.2. The number of carbonyl (C=O) groups is 1. The summed E-state index contributed by atoms with van der Waals surface area (Å²) in [6.45, 7) is 7.23. The van der Waals surface area contributed by atoms with Crippen molar-refractivity contribution in [1.82, 2.24) is 0 Å². The van der Waals surface area contributed by atoms with E-state index in [9.17, 15) is 9.90 Å². The van der Waals surface area contributed by atoms with Gasteiger partial charge in [-0.3, -0.25) is 4.79 Å². The zero-order valence-electron chi connectivity index (χ0n) is 8.17. The molecule has 0 spiro atoms. The molecule has 1 saturated heterocycles. The molecule has 1 aliphatic heterocycles. The van der Waals surface area contributed by atoms with E-state index in [1.807, 2.05) is 6.92 Å². The SMILES string of the molecule is C=C(C)[C@H]1CC[C@](C)(O)OC(=O)C1. The van der Waals surface area contributed by atoms with E-state index in [1.165, 1.54) is 6.92 Å². The molecule has 1 heterocycles. The molecule has 1 N–H and O–H groups in total. The second kappa shape index (κ2) is 3.50. The normalized spacial score (nSPS) is 35.0. The summed E-state index contributed by atoms with van der Waals surface area (Å²) in [4.78, 5) is 11.2. The average molecular weight is 184 g/mol. The molecule has 1 aliphatic rings. The molecule has 0 aliphatic carbocycles. The highest BCUT2D eigenvalue weighted by Gasteiger charge is 2.32. The van der Waals surface area contributed by atoms with Crippen molar-refractivity contribution < 1.29 is 14.6 Å². The van der Waals surface area contributed by atoms with Gasteiger partial charge in [0.2, 0.25) is 5.79 Å². The van der Waals surface area contributed by atoms with Gasteiger partial charge >= 0.3 is 5.97 Å². The molecule has 0 aromatic heterocycles. The topological polar surface area (TPSA) is 46.5 Å². The van der Waals surface area contributed by atoms with E-state index >= 15 is 0 Å². The highest BCUT2D eigenvalue weighted by Crippen LogP contribution is 2.29. The minimum absolute atomic E-state index is 0.154. The quantitative estimate of drug-likeness (QED) is 0.497. The summed E-state index contributed by atoms with van der Waals surface area (Å²) in [5.74, 6) is -1.47. The summed E-state index contributed by atoms with van der Waals surface area (Å²) in [5.41, 5.74) is 0.981. The van der Waals surface area contributed by atoms with E-state index in [-0.39, 0.29) is 11.9 Å². The van der Waals surface area contributed by atoms with E-state index in [2.05, 4.69) is 6.58 Å². The first kappa shape index (κ1) is 10.3. The van der Waals surface area contributed by atoms with Crippen molar-refractivity contribution >= 4 is 5.97 Å². The van der Waals surface area contributed by atoms with Gasteiger partial charge in [0.1, 0.15) is 0 Å². The van der Waals surface area contributed by atoms with E-state index in [0.717, 1.165) is 12.0 Å². The number of ether oxygens (including phenoxy) is 1. The summed E-state index contributed by atoms with van der Waals surface area (Å²) in [5, 5.41) is 9.55. The van der Waals surface area contributed by atoms with Crippen molar-refractivity contribution in [2.45, 2.75) is 38.9 Å². The summed E-state index contributed by atoms with van der Waals surface area (Å²) < 4.78 is 4.85. The van der Waals surface area contributed by atoms with Gasteiger partial charge in [0, 0.05) is 13.3 Å². The summed E-state index contributed by atoms with van der Waals surface area (Å²) in [6.07, 6.45) is 1.58. The van der Waals surface area contributed by atoms with Crippen LogP contribution in [0.25, 0.3) is 0 Å². The number of esters is 1. The van der Waals surface area contributed by atoms with Crippen molar-refractivity contribution in [2.75, 3.05) is 0 Å². The first-order chi connectivity index (χ1) is 5.91. The van der Waals surface area contributed by atoms with Gasteiger partial charge in [-0.25, -0.2) is 0 Å². The van der Waals surface area contributed by atoms with Gasteiger partial charge < -0.3 is 9.84 Å². The molecule has 74 valence electrons. The Labute approximate surface area is 78.4 Å². The fraction of sp³-hybridized carbons (Fsp3) is 0.700. The van der Waals surface area contributed by atoms with Crippen LogP contribution in [-0.4, -0.2) is 16.9 Å². The Hall–Kier alpha value is -0.830. The van der Waals surface area contributed by atoms with E-state index in [0.29, 0.717) is 12.8 Å². The van der Waals surface area contributed by atoms with Crippen LogP contribution >= 0.6 is 0 Å². The molecule has 3 nitrogen and oxygen atoms in total. The number of hydrogen-bond donors (Lipinski definition) is 1. The Kier molecular flexibility index (Phi) is 2.76. The highest BCUT2D eigenvalue weighted by atomic mass is 16.7. The molecular formula is C10H16O3. The largest absolute Gasteiger partial charge is 0.434 e. The average Bonchev–Trinajstić information content (AvgIpc) is 2.07. The van der Waals surface area contributed by atoms with E-state index in [4.69, 9.17) is 4.74 Å². The molecule has 0 saturated carbocycles. The Balaban J connectivity index is 2.69. The summed E-state index contributed by atoms with van der Waals surface area (Å²) >= 11 is 0. The minimum atomic E-state index is -1.29. The Morgan fingerprint density at radius 3 is 2.92 bits per heavy atom. The van der Waals surface area contributed by atoms with Crippen LogP contribution in [0.2, 0.25) is 0 Å². The van der Waals surface area contributed by atoms with Gasteiger partial charge in [-0.2, -0.15) is 0 Å². The van der Waals surface area contributed by atoms with Gasteiger partial charge in [0.15, 0.2) is 0 Å². The van der Waals surface area contributed by atoms with Crippen molar-refractivity contribution in [3.05, 3.63) is 12.2 Å². The van der Waals surface area contributed by atoms with Crippen LogP contribution in [0.15, 0.2) is 12.2 Å². The van der Waals surface area contributed by atoms with Gasteiger partial charge in [0.05, 0.1) is 6.42 Å². The first-order valence-corrected chi connectivity index (χ1v) is 4.50. The van der Waals surface area contributed by atoms with Crippen molar-refractivity contribution in [2.24, 2.45) is 5.92 Å². The molecule has 13 heavy (non-hydrogen) atoms. The molecule has 0 radical (unpaired) electrons. The monoisotopic (exact) mass is 184 g/mol. The number of aliphatic hydroxyl groups is 1. The van der Waals surface area contributed by atoms with E-state index < -0.39 is 5.79 Å². The van der Waals surface area contributed by atoms with E-state index in [1.54, 1.807) is 0 Å². The van der Waals surface area contributed by atoms with Gasteiger partial charge in [0.25, 0.3) is 0 Å². The number of allylic oxidation sites excluding steroid dienone is 1. The van der Waals surface area contributed by atoms with Crippen LogP contribution < -0.4 is 0 Å². The lowest BCUT2D eigenvalue weighted by Gasteiger charge is -2.20. The molecule has 3 heteroatoms. The predicted octanol–water partition coefficient (Wildman–Crippen LogP) is 1.61. The fourth-order valence-electron chi connectivity index (χ4n) is 1.50. The third-order valence-electron chi connectivity index (χ3n) is 2.40. The Morgan fingerprint density at radius 2 is 2.38 bits per heavy atom. The van der Waals surface area contributed by atoms with Gasteiger partial charge in [-0.15, -0.1) is 0 Å². The van der Waals surface area contributed by atoms with Gasteiger partial charge in [-0.1, -0.05) is 12.2 Å². The first-order valence-electron chi connectivity index (χ1n) is 4.50. The molecule has 0 unspecified atom stereocenters. The number of rotatable bonds is 1. The number of hydrogen-bond acceptors (Lipinski definition) is 3. The predicted molar refractivity (Wildman–Crippen MR) is 48.9 cm³/mol. The highest BCUT2D eigenvalue weighted by molar-refractivity contribution is 5.70. The maximum absolute atomic E-state index is 11.2. The molecule has 0 aromatic rings. The van der Waals surface area contributed by atoms with Crippen LogP contribution in [0.1, 0.15) is 33.1 Å². The third-order valence-corrected chi connectivity index (χ3v) is 2.40.